The molecule has 6 heteroatoms. The standard InChI is InChI=1S/C15H21N3O3/c1-16(2)9-5-6-11-10-17(3)12-7-8-13(21-4)15(14(11)12)18(19)20/h7-8,10H,5-6,9H2,1-4H3. The average Bonchev–Trinajstić information content (AvgIpc) is 2.74. The topological polar surface area (TPSA) is 60.5 Å². The van der Waals surface area contributed by atoms with Gasteiger partial charge in [-0.05, 0) is 51.2 Å². The van der Waals surface area contributed by atoms with Crippen LogP contribution in [0.4, 0.5) is 5.69 Å². The molecule has 6 nitrogen and oxygen atoms in total. The Hall–Kier alpha value is -2.08. The highest BCUT2D eigenvalue weighted by Crippen LogP contribution is 2.38. The second kappa shape index (κ2) is 6.13. The van der Waals surface area contributed by atoms with Gasteiger partial charge in [-0.1, -0.05) is 0 Å². The minimum atomic E-state index is -0.351. The molecule has 114 valence electrons. The summed E-state index contributed by atoms with van der Waals surface area (Å²) in [7, 11) is 7.42. The Kier molecular flexibility index (Phi) is 4.47. The Morgan fingerprint density at radius 3 is 2.67 bits per heavy atom. The van der Waals surface area contributed by atoms with Gasteiger partial charge < -0.3 is 14.2 Å². The zero-order valence-electron chi connectivity index (χ0n) is 12.9. The minimum Gasteiger partial charge on any atom is -0.490 e. The second-order valence-corrected chi connectivity index (χ2v) is 5.44. The summed E-state index contributed by atoms with van der Waals surface area (Å²) in [6, 6.07) is 3.53. The summed E-state index contributed by atoms with van der Waals surface area (Å²) in [6.45, 7) is 0.953. The summed E-state index contributed by atoms with van der Waals surface area (Å²) in [5, 5.41) is 12.1. The van der Waals surface area contributed by atoms with Crippen molar-refractivity contribution < 1.29 is 9.66 Å². The molecule has 2 rings (SSSR count). The first kappa shape index (κ1) is 15.3. The zero-order chi connectivity index (χ0) is 15.6. The summed E-state index contributed by atoms with van der Waals surface area (Å²) >= 11 is 0. The Morgan fingerprint density at radius 1 is 1.38 bits per heavy atom. The molecule has 0 aliphatic rings. The number of fused-ring (bicyclic) bond motifs is 1. The van der Waals surface area contributed by atoms with E-state index >= 15 is 0 Å². The van der Waals surface area contributed by atoms with Crippen molar-refractivity contribution >= 4 is 16.6 Å². The number of methoxy groups -OCH3 is 1. The van der Waals surface area contributed by atoms with E-state index < -0.39 is 0 Å². The van der Waals surface area contributed by atoms with Gasteiger partial charge in [0.1, 0.15) is 0 Å². The maximum atomic E-state index is 11.4. The normalized spacial score (nSPS) is 11.3. The highest BCUT2D eigenvalue weighted by atomic mass is 16.6. The average molecular weight is 291 g/mol. The summed E-state index contributed by atoms with van der Waals surface area (Å²) < 4.78 is 7.10. The first-order valence-electron chi connectivity index (χ1n) is 6.89. The zero-order valence-corrected chi connectivity index (χ0v) is 12.9. The Balaban J connectivity index is 2.52. The van der Waals surface area contributed by atoms with Crippen LogP contribution in [0.3, 0.4) is 0 Å². The number of nitro benzene ring substituents is 1. The van der Waals surface area contributed by atoms with Crippen LogP contribution in [-0.4, -0.2) is 42.1 Å². The lowest BCUT2D eigenvalue weighted by Gasteiger charge is -2.08. The molecule has 1 heterocycles. The van der Waals surface area contributed by atoms with Crippen molar-refractivity contribution in [1.82, 2.24) is 9.47 Å². The van der Waals surface area contributed by atoms with E-state index in [0.717, 1.165) is 30.5 Å². The predicted molar refractivity (Wildman–Crippen MR) is 83.0 cm³/mol. The Morgan fingerprint density at radius 2 is 2.10 bits per heavy atom. The van der Waals surface area contributed by atoms with Gasteiger partial charge in [-0.2, -0.15) is 0 Å². The quantitative estimate of drug-likeness (QED) is 0.606. The van der Waals surface area contributed by atoms with Gasteiger partial charge in [0.05, 0.1) is 22.9 Å². The van der Waals surface area contributed by atoms with Crippen LogP contribution >= 0.6 is 0 Å². The Bertz CT molecular complexity index is 662. The van der Waals surface area contributed by atoms with E-state index in [1.807, 2.05) is 38.0 Å². The van der Waals surface area contributed by atoms with Crippen LogP contribution in [0.25, 0.3) is 10.9 Å². The molecule has 0 atom stereocenters. The van der Waals surface area contributed by atoms with Gasteiger partial charge >= 0.3 is 5.69 Å². The lowest BCUT2D eigenvalue weighted by molar-refractivity contribution is -0.384. The highest BCUT2D eigenvalue weighted by molar-refractivity contribution is 5.95. The fraction of sp³-hybridized carbons (Fsp3) is 0.467. The third-order valence-electron chi connectivity index (χ3n) is 3.62. The van der Waals surface area contributed by atoms with Crippen molar-refractivity contribution in [2.75, 3.05) is 27.7 Å². The highest BCUT2D eigenvalue weighted by Gasteiger charge is 2.23. The molecule has 1 aromatic carbocycles. The van der Waals surface area contributed by atoms with Gasteiger partial charge in [0.25, 0.3) is 0 Å². The van der Waals surface area contributed by atoms with Crippen LogP contribution in [-0.2, 0) is 13.5 Å². The number of hydrogen-bond acceptors (Lipinski definition) is 4. The van der Waals surface area contributed by atoms with Gasteiger partial charge in [-0.25, -0.2) is 0 Å². The van der Waals surface area contributed by atoms with Gasteiger partial charge in [0, 0.05) is 13.2 Å². The SMILES string of the molecule is COc1ccc2c(c(CCCN(C)C)cn2C)c1[N+](=O)[O-]. The fourth-order valence-corrected chi connectivity index (χ4v) is 2.66. The number of aromatic nitrogens is 1. The Labute approximate surface area is 124 Å². The number of aryl methyl sites for hydroxylation is 2. The molecule has 0 amide bonds. The predicted octanol–water partition coefficient (Wildman–Crippen LogP) is 2.59. The molecular weight excluding hydrogens is 270 g/mol. The van der Waals surface area contributed by atoms with E-state index in [1.54, 1.807) is 6.07 Å². The third kappa shape index (κ3) is 3.00. The van der Waals surface area contributed by atoms with E-state index in [9.17, 15) is 10.1 Å². The van der Waals surface area contributed by atoms with Crippen molar-refractivity contribution in [1.29, 1.82) is 0 Å². The number of benzene rings is 1. The van der Waals surface area contributed by atoms with Crippen molar-refractivity contribution in [3.63, 3.8) is 0 Å². The fourth-order valence-electron chi connectivity index (χ4n) is 2.66. The smallest absolute Gasteiger partial charge is 0.320 e. The van der Waals surface area contributed by atoms with Gasteiger partial charge in [0.2, 0.25) is 0 Å². The molecule has 21 heavy (non-hydrogen) atoms. The van der Waals surface area contributed by atoms with Crippen LogP contribution < -0.4 is 4.74 Å². The van der Waals surface area contributed by atoms with Crippen LogP contribution in [0.15, 0.2) is 18.3 Å². The van der Waals surface area contributed by atoms with Crippen molar-refractivity contribution in [2.45, 2.75) is 12.8 Å². The van der Waals surface area contributed by atoms with Crippen molar-refractivity contribution in [2.24, 2.45) is 7.05 Å². The minimum absolute atomic E-state index is 0.0652. The van der Waals surface area contributed by atoms with Gasteiger partial charge in [0.15, 0.2) is 5.75 Å². The van der Waals surface area contributed by atoms with Crippen LogP contribution in [0.1, 0.15) is 12.0 Å². The molecule has 0 aliphatic heterocycles. The lowest BCUT2D eigenvalue weighted by Crippen LogP contribution is -2.13. The van der Waals surface area contributed by atoms with Crippen LogP contribution in [0, 0.1) is 10.1 Å². The third-order valence-corrected chi connectivity index (χ3v) is 3.62. The molecule has 0 saturated heterocycles. The summed E-state index contributed by atoms with van der Waals surface area (Å²) in [6.07, 6.45) is 3.75. The van der Waals surface area contributed by atoms with E-state index in [-0.39, 0.29) is 10.6 Å². The molecule has 0 spiro atoms. The molecule has 0 fully saturated rings. The lowest BCUT2D eigenvalue weighted by atomic mass is 10.1. The second-order valence-electron chi connectivity index (χ2n) is 5.44. The summed E-state index contributed by atoms with van der Waals surface area (Å²) in [5.41, 5.74) is 1.93. The molecule has 0 aliphatic carbocycles. The summed E-state index contributed by atoms with van der Waals surface area (Å²) in [4.78, 5) is 13.2. The number of rotatable bonds is 6. The molecule has 0 unspecified atom stereocenters. The van der Waals surface area contributed by atoms with E-state index in [4.69, 9.17) is 4.74 Å². The number of nitrogens with zero attached hydrogens (tertiary/aromatic N) is 3. The van der Waals surface area contributed by atoms with E-state index in [0.29, 0.717) is 11.1 Å². The largest absolute Gasteiger partial charge is 0.490 e. The summed E-state index contributed by atoms with van der Waals surface area (Å²) in [5.74, 6) is 0.313. The van der Waals surface area contributed by atoms with Crippen molar-refractivity contribution in [3.8, 4) is 5.75 Å². The number of ether oxygens (including phenoxy) is 1. The molecule has 0 bridgehead atoms. The first-order valence-corrected chi connectivity index (χ1v) is 6.89. The maximum Gasteiger partial charge on any atom is 0.320 e. The monoisotopic (exact) mass is 291 g/mol. The van der Waals surface area contributed by atoms with E-state index in [2.05, 4.69) is 4.90 Å². The van der Waals surface area contributed by atoms with Crippen LogP contribution in [0.5, 0.6) is 5.75 Å². The molecular formula is C15H21N3O3. The number of nitro groups is 1. The molecule has 0 radical (unpaired) electrons. The van der Waals surface area contributed by atoms with Crippen molar-refractivity contribution in [3.05, 3.63) is 34.0 Å². The van der Waals surface area contributed by atoms with Gasteiger partial charge in [-0.15, -0.1) is 0 Å². The maximum absolute atomic E-state index is 11.4. The molecule has 0 saturated carbocycles. The molecule has 2 aromatic rings. The molecule has 0 N–H and O–H groups in total. The first-order chi connectivity index (χ1) is 9.95. The van der Waals surface area contributed by atoms with Gasteiger partial charge in [-0.3, -0.25) is 10.1 Å². The van der Waals surface area contributed by atoms with Crippen LogP contribution in [0.2, 0.25) is 0 Å². The van der Waals surface area contributed by atoms with E-state index in [1.165, 1.54) is 7.11 Å². The molecule has 1 aromatic heterocycles. The number of hydrogen-bond donors (Lipinski definition) is 0.